The minimum atomic E-state index is 0.808. The van der Waals surface area contributed by atoms with Gasteiger partial charge >= 0.3 is 0 Å². The molecule has 0 bridgehead atoms. The minimum Gasteiger partial charge on any atom is -0.259 e. The largest absolute Gasteiger partial charge is 0.259 e. The Labute approximate surface area is 69.7 Å². The maximum Gasteiger partial charge on any atom is 0.138 e. The third-order valence-electron chi connectivity index (χ3n) is 1.72. The van der Waals surface area contributed by atoms with Crippen LogP contribution in [0.5, 0.6) is 0 Å². The molecule has 0 fully saturated rings. The monoisotopic (exact) mass is 160 g/mol. The molecule has 0 atom stereocenters. The van der Waals surface area contributed by atoms with Gasteiger partial charge in [0.15, 0.2) is 0 Å². The highest BCUT2D eigenvalue weighted by molar-refractivity contribution is 5.74. The molecule has 0 saturated heterocycles. The summed E-state index contributed by atoms with van der Waals surface area (Å²) < 4.78 is 0. The third kappa shape index (κ3) is 1.01. The molecular formula is C8H8N4. The second kappa shape index (κ2) is 2.81. The van der Waals surface area contributed by atoms with Crippen molar-refractivity contribution in [1.29, 1.82) is 0 Å². The Morgan fingerprint density at radius 1 is 1.33 bits per heavy atom. The van der Waals surface area contributed by atoms with E-state index in [1.807, 2.05) is 13.0 Å². The molecule has 0 spiro atoms. The van der Waals surface area contributed by atoms with E-state index < -0.39 is 0 Å². The molecule has 4 nitrogen and oxygen atoms in total. The van der Waals surface area contributed by atoms with Crippen LogP contribution in [0.25, 0.3) is 11.0 Å². The van der Waals surface area contributed by atoms with Crippen LogP contribution >= 0.6 is 0 Å². The Morgan fingerprint density at radius 2 is 2.25 bits per heavy atom. The molecule has 0 aliphatic rings. The molecule has 2 rings (SSSR count). The van der Waals surface area contributed by atoms with Gasteiger partial charge in [-0.05, 0) is 12.5 Å². The van der Waals surface area contributed by atoms with Crippen molar-refractivity contribution in [3.05, 3.63) is 24.3 Å². The average molecular weight is 160 g/mol. The van der Waals surface area contributed by atoms with Crippen LogP contribution in [0.1, 0.15) is 12.6 Å². The van der Waals surface area contributed by atoms with Gasteiger partial charge in [-0.15, -0.1) is 10.2 Å². The first kappa shape index (κ1) is 7.09. The maximum atomic E-state index is 4.18. The summed E-state index contributed by atoms with van der Waals surface area (Å²) >= 11 is 0. The zero-order chi connectivity index (χ0) is 8.39. The maximum absolute atomic E-state index is 4.18. The standard InChI is InChI=1S/C8H8N4/c1-2-6-8-7(3-4-9-6)10-5-11-12-8/h3-5H,2H2,1H3. The van der Waals surface area contributed by atoms with Crippen molar-refractivity contribution in [2.75, 3.05) is 0 Å². The van der Waals surface area contributed by atoms with E-state index in [0.717, 1.165) is 23.1 Å². The lowest BCUT2D eigenvalue weighted by Gasteiger charge is -1.98. The van der Waals surface area contributed by atoms with Crippen molar-refractivity contribution >= 4 is 11.0 Å². The number of hydrogen-bond donors (Lipinski definition) is 0. The Hall–Kier alpha value is -1.58. The fraction of sp³-hybridized carbons (Fsp3) is 0.250. The zero-order valence-electron chi connectivity index (χ0n) is 6.73. The van der Waals surface area contributed by atoms with Crippen LogP contribution < -0.4 is 0 Å². The predicted octanol–water partition coefficient (Wildman–Crippen LogP) is 0.982. The number of aromatic nitrogens is 4. The molecule has 12 heavy (non-hydrogen) atoms. The van der Waals surface area contributed by atoms with Crippen LogP contribution in [0.3, 0.4) is 0 Å². The summed E-state index contributed by atoms with van der Waals surface area (Å²) in [5.41, 5.74) is 2.62. The van der Waals surface area contributed by atoms with Crippen LogP contribution in [0, 0.1) is 0 Å². The quantitative estimate of drug-likeness (QED) is 0.624. The first-order valence-corrected chi connectivity index (χ1v) is 3.83. The number of fused-ring (bicyclic) bond motifs is 1. The molecule has 0 unspecified atom stereocenters. The van der Waals surface area contributed by atoms with E-state index in [4.69, 9.17) is 0 Å². The Kier molecular flexibility index (Phi) is 1.66. The highest BCUT2D eigenvalue weighted by atomic mass is 15.1. The number of aryl methyl sites for hydroxylation is 1. The Morgan fingerprint density at radius 3 is 3.08 bits per heavy atom. The van der Waals surface area contributed by atoms with Gasteiger partial charge in [0.05, 0.1) is 11.2 Å². The average Bonchev–Trinajstić information content (AvgIpc) is 2.17. The molecule has 60 valence electrons. The van der Waals surface area contributed by atoms with Gasteiger partial charge in [0.1, 0.15) is 11.8 Å². The summed E-state index contributed by atoms with van der Waals surface area (Å²) in [6.07, 6.45) is 4.05. The van der Waals surface area contributed by atoms with Crippen LogP contribution in [-0.4, -0.2) is 20.2 Å². The molecule has 4 heteroatoms. The van der Waals surface area contributed by atoms with Gasteiger partial charge in [0.25, 0.3) is 0 Å². The molecule has 0 aliphatic heterocycles. The summed E-state index contributed by atoms with van der Waals surface area (Å²) in [4.78, 5) is 8.26. The van der Waals surface area contributed by atoms with E-state index in [-0.39, 0.29) is 0 Å². The molecule has 0 amide bonds. The number of pyridine rings is 1. The van der Waals surface area contributed by atoms with Crippen molar-refractivity contribution in [2.45, 2.75) is 13.3 Å². The second-order valence-electron chi connectivity index (χ2n) is 2.44. The van der Waals surface area contributed by atoms with E-state index in [1.165, 1.54) is 6.33 Å². The van der Waals surface area contributed by atoms with Crippen LogP contribution in [0.15, 0.2) is 18.6 Å². The summed E-state index contributed by atoms with van der Waals surface area (Å²) in [6.45, 7) is 2.04. The predicted molar refractivity (Wildman–Crippen MR) is 44.5 cm³/mol. The summed E-state index contributed by atoms with van der Waals surface area (Å²) in [6, 6.07) is 1.84. The first-order valence-electron chi connectivity index (χ1n) is 3.83. The molecular weight excluding hydrogens is 152 g/mol. The lowest BCUT2D eigenvalue weighted by molar-refractivity contribution is 0.976. The Balaban J connectivity index is 2.79. The topological polar surface area (TPSA) is 51.6 Å². The zero-order valence-corrected chi connectivity index (χ0v) is 6.73. The van der Waals surface area contributed by atoms with Gasteiger partial charge in [0, 0.05) is 6.20 Å². The molecule has 0 saturated carbocycles. The molecule has 0 N–H and O–H groups in total. The molecule has 2 heterocycles. The third-order valence-corrected chi connectivity index (χ3v) is 1.72. The summed E-state index contributed by atoms with van der Waals surface area (Å²) in [5.74, 6) is 0. The van der Waals surface area contributed by atoms with Crippen molar-refractivity contribution in [3.8, 4) is 0 Å². The van der Waals surface area contributed by atoms with E-state index in [2.05, 4.69) is 20.2 Å². The fourth-order valence-electron chi connectivity index (χ4n) is 1.13. The van der Waals surface area contributed by atoms with Crippen LogP contribution in [0.4, 0.5) is 0 Å². The first-order chi connectivity index (χ1) is 5.92. The molecule has 0 aliphatic carbocycles. The van der Waals surface area contributed by atoms with E-state index in [1.54, 1.807) is 6.20 Å². The summed E-state index contributed by atoms with van der Waals surface area (Å²) in [7, 11) is 0. The molecule has 2 aromatic rings. The van der Waals surface area contributed by atoms with Gasteiger partial charge < -0.3 is 0 Å². The van der Waals surface area contributed by atoms with Crippen molar-refractivity contribution in [2.24, 2.45) is 0 Å². The normalized spacial score (nSPS) is 10.4. The SMILES string of the molecule is CCc1nccc2ncnnc12. The molecule has 2 aromatic heterocycles. The highest BCUT2D eigenvalue weighted by Crippen LogP contribution is 2.09. The van der Waals surface area contributed by atoms with Gasteiger partial charge in [-0.25, -0.2) is 4.98 Å². The summed E-state index contributed by atoms with van der Waals surface area (Å²) in [5, 5.41) is 7.70. The number of nitrogens with zero attached hydrogens (tertiary/aromatic N) is 4. The highest BCUT2D eigenvalue weighted by Gasteiger charge is 2.01. The fourth-order valence-corrected chi connectivity index (χ4v) is 1.13. The van der Waals surface area contributed by atoms with E-state index in [9.17, 15) is 0 Å². The lowest BCUT2D eigenvalue weighted by Crippen LogP contribution is -1.94. The molecule has 0 radical (unpaired) electrons. The minimum absolute atomic E-state index is 0.808. The van der Waals surface area contributed by atoms with Crippen molar-refractivity contribution in [1.82, 2.24) is 20.2 Å². The van der Waals surface area contributed by atoms with E-state index >= 15 is 0 Å². The van der Waals surface area contributed by atoms with Gasteiger partial charge in [0.2, 0.25) is 0 Å². The van der Waals surface area contributed by atoms with Gasteiger partial charge in [-0.1, -0.05) is 6.92 Å². The smallest absolute Gasteiger partial charge is 0.138 e. The Bertz CT molecular complexity index is 394. The number of rotatable bonds is 1. The van der Waals surface area contributed by atoms with Gasteiger partial charge in [-0.3, -0.25) is 4.98 Å². The van der Waals surface area contributed by atoms with Crippen molar-refractivity contribution in [3.63, 3.8) is 0 Å². The van der Waals surface area contributed by atoms with Crippen LogP contribution in [0.2, 0.25) is 0 Å². The van der Waals surface area contributed by atoms with Crippen molar-refractivity contribution < 1.29 is 0 Å². The van der Waals surface area contributed by atoms with Gasteiger partial charge in [-0.2, -0.15) is 0 Å². The lowest BCUT2D eigenvalue weighted by atomic mass is 10.2. The molecule has 0 aromatic carbocycles. The van der Waals surface area contributed by atoms with Crippen LogP contribution in [-0.2, 0) is 6.42 Å². The second-order valence-corrected chi connectivity index (χ2v) is 2.44. The number of hydrogen-bond acceptors (Lipinski definition) is 4. The van der Waals surface area contributed by atoms with E-state index in [0.29, 0.717) is 0 Å².